The van der Waals surface area contributed by atoms with Gasteiger partial charge in [-0.1, -0.05) is 40.5 Å². The molecule has 0 heterocycles. The predicted octanol–water partition coefficient (Wildman–Crippen LogP) is 1.44. The zero-order valence-electron chi connectivity index (χ0n) is 21.3. The van der Waals surface area contributed by atoms with Crippen molar-refractivity contribution in [1.82, 2.24) is 0 Å². The van der Waals surface area contributed by atoms with Crippen LogP contribution in [0.2, 0.25) is 0 Å². The standard InChI is InChI=1S/C27H48O7/c1-14(13-28)6-5-7-15(2)19-21(31)22(32)23-26(19,4)11-9-18-25(3)10-8-16(29)12-17(25)20(30)24(33)27(18,23)34/h14-24,28-34H,5-13H2,1-4H3/t14?,15?,16-,17?,18?,19?,20+,21+,22-,23?,24+,25-,26+,27-/m0/s1. The lowest BCUT2D eigenvalue weighted by Crippen LogP contribution is -2.75. The van der Waals surface area contributed by atoms with Crippen LogP contribution in [0, 0.1) is 46.3 Å². The Balaban J connectivity index is 1.66. The van der Waals surface area contributed by atoms with Crippen molar-refractivity contribution in [2.45, 2.75) is 115 Å². The fraction of sp³-hybridized carbons (Fsp3) is 1.00. The van der Waals surface area contributed by atoms with Gasteiger partial charge in [-0.2, -0.15) is 0 Å². The van der Waals surface area contributed by atoms with E-state index in [0.717, 1.165) is 25.7 Å². The van der Waals surface area contributed by atoms with Crippen LogP contribution in [0.5, 0.6) is 0 Å². The van der Waals surface area contributed by atoms with E-state index in [1.54, 1.807) is 0 Å². The molecule has 7 N–H and O–H groups in total. The van der Waals surface area contributed by atoms with E-state index < -0.39 is 52.9 Å². The smallest absolute Gasteiger partial charge is 0.109 e. The normalized spacial score (nSPS) is 54.6. The Morgan fingerprint density at radius 3 is 2.15 bits per heavy atom. The van der Waals surface area contributed by atoms with Crippen LogP contribution in [-0.4, -0.2) is 78.5 Å². The molecule has 4 rings (SSSR count). The van der Waals surface area contributed by atoms with Gasteiger partial charge in [0.2, 0.25) is 0 Å². The van der Waals surface area contributed by atoms with E-state index >= 15 is 0 Å². The Hall–Kier alpha value is -0.280. The Labute approximate surface area is 204 Å². The minimum absolute atomic E-state index is 0.101. The lowest BCUT2D eigenvalue weighted by Gasteiger charge is -2.67. The van der Waals surface area contributed by atoms with E-state index in [1.165, 1.54) is 0 Å². The van der Waals surface area contributed by atoms with Crippen LogP contribution in [0.25, 0.3) is 0 Å². The molecule has 6 unspecified atom stereocenters. The summed E-state index contributed by atoms with van der Waals surface area (Å²) in [6, 6.07) is 0. The first kappa shape index (κ1) is 26.8. The Kier molecular flexibility index (Phi) is 7.27. The molecule has 0 saturated heterocycles. The zero-order valence-corrected chi connectivity index (χ0v) is 21.3. The Morgan fingerprint density at radius 2 is 1.50 bits per heavy atom. The number of aliphatic hydroxyl groups is 7. The van der Waals surface area contributed by atoms with Crippen molar-refractivity contribution in [3.63, 3.8) is 0 Å². The van der Waals surface area contributed by atoms with E-state index in [4.69, 9.17) is 0 Å². The number of rotatable bonds is 6. The van der Waals surface area contributed by atoms with Gasteiger partial charge in [-0.3, -0.25) is 0 Å². The maximum Gasteiger partial charge on any atom is 0.109 e. The molecular weight excluding hydrogens is 436 g/mol. The van der Waals surface area contributed by atoms with Gasteiger partial charge in [0.1, 0.15) is 11.7 Å². The minimum Gasteiger partial charge on any atom is -0.396 e. The van der Waals surface area contributed by atoms with E-state index in [9.17, 15) is 35.7 Å². The molecule has 14 atom stereocenters. The Morgan fingerprint density at radius 1 is 0.853 bits per heavy atom. The molecule has 0 aromatic heterocycles. The fourth-order valence-electron chi connectivity index (χ4n) is 9.52. The van der Waals surface area contributed by atoms with Crippen molar-refractivity contribution in [2.75, 3.05) is 6.61 Å². The quantitative estimate of drug-likeness (QED) is 0.302. The predicted molar refractivity (Wildman–Crippen MR) is 128 cm³/mol. The van der Waals surface area contributed by atoms with Crippen LogP contribution in [-0.2, 0) is 0 Å². The molecule has 0 aliphatic heterocycles. The van der Waals surface area contributed by atoms with Crippen molar-refractivity contribution in [3.05, 3.63) is 0 Å². The summed E-state index contributed by atoms with van der Waals surface area (Å²) in [5, 5.41) is 77.2. The van der Waals surface area contributed by atoms with Crippen molar-refractivity contribution >= 4 is 0 Å². The van der Waals surface area contributed by atoms with Crippen LogP contribution in [0.4, 0.5) is 0 Å². The molecule has 4 fully saturated rings. The number of hydrogen-bond donors (Lipinski definition) is 7. The van der Waals surface area contributed by atoms with Gasteiger partial charge in [0.25, 0.3) is 0 Å². The van der Waals surface area contributed by atoms with Crippen molar-refractivity contribution in [1.29, 1.82) is 0 Å². The van der Waals surface area contributed by atoms with Crippen molar-refractivity contribution < 1.29 is 35.7 Å². The van der Waals surface area contributed by atoms with Gasteiger partial charge in [0.15, 0.2) is 0 Å². The van der Waals surface area contributed by atoms with Crippen molar-refractivity contribution in [3.8, 4) is 0 Å². The molecule has 4 saturated carbocycles. The summed E-state index contributed by atoms with van der Waals surface area (Å²) in [7, 11) is 0. The molecule has 0 spiro atoms. The van der Waals surface area contributed by atoms with Crippen LogP contribution in [0.15, 0.2) is 0 Å². The third-order valence-corrected chi connectivity index (χ3v) is 11.2. The number of fused-ring (bicyclic) bond motifs is 5. The third kappa shape index (κ3) is 3.72. The van der Waals surface area contributed by atoms with Crippen LogP contribution in [0.1, 0.15) is 79.1 Å². The molecular formula is C27H48O7. The second-order valence-corrected chi connectivity index (χ2v) is 13.1. The highest BCUT2D eigenvalue weighted by Gasteiger charge is 2.75. The summed E-state index contributed by atoms with van der Waals surface area (Å²) in [4.78, 5) is 0. The van der Waals surface area contributed by atoms with E-state index in [0.29, 0.717) is 25.7 Å². The van der Waals surface area contributed by atoms with Gasteiger partial charge in [-0.05, 0) is 78.9 Å². The topological polar surface area (TPSA) is 142 Å². The molecule has 198 valence electrons. The third-order valence-electron chi connectivity index (χ3n) is 11.2. The van der Waals surface area contributed by atoms with Gasteiger partial charge >= 0.3 is 0 Å². The molecule has 0 aromatic rings. The van der Waals surface area contributed by atoms with Gasteiger partial charge in [-0.15, -0.1) is 0 Å². The largest absolute Gasteiger partial charge is 0.396 e. The number of aliphatic hydroxyl groups excluding tert-OH is 6. The summed E-state index contributed by atoms with van der Waals surface area (Å²) >= 11 is 0. The summed E-state index contributed by atoms with van der Waals surface area (Å²) in [5.74, 6) is -1.28. The summed E-state index contributed by atoms with van der Waals surface area (Å²) in [6.07, 6.45) is 0.370. The van der Waals surface area contributed by atoms with Crippen molar-refractivity contribution in [2.24, 2.45) is 46.3 Å². The summed E-state index contributed by atoms with van der Waals surface area (Å²) in [6.45, 7) is 8.38. The molecule has 7 heteroatoms. The molecule has 0 amide bonds. The fourth-order valence-corrected chi connectivity index (χ4v) is 9.52. The van der Waals surface area contributed by atoms with E-state index in [2.05, 4.69) is 13.8 Å². The molecule has 34 heavy (non-hydrogen) atoms. The van der Waals surface area contributed by atoms with Gasteiger partial charge in [0.05, 0.1) is 24.4 Å². The maximum absolute atomic E-state index is 12.3. The lowest BCUT2D eigenvalue weighted by atomic mass is 9.41. The zero-order chi connectivity index (χ0) is 25.2. The molecule has 0 radical (unpaired) electrons. The average molecular weight is 485 g/mol. The maximum atomic E-state index is 12.3. The van der Waals surface area contributed by atoms with Gasteiger partial charge < -0.3 is 35.7 Å². The SMILES string of the molecule is CC(CO)CCCC(C)C1[C@@H](O)[C@H](O)C2[C@]1(C)CCC1[C@@]3(C)CC[C@H](O)CC3[C@@H](O)[C@@H](O)[C@]12O. The summed E-state index contributed by atoms with van der Waals surface area (Å²) in [5.41, 5.74) is -2.74. The molecule has 4 aliphatic rings. The molecule has 0 aromatic carbocycles. The second-order valence-electron chi connectivity index (χ2n) is 13.1. The van der Waals surface area contributed by atoms with Gasteiger partial charge in [0, 0.05) is 12.5 Å². The average Bonchev–Trinajstić information content (AvgIpc) is 2.99. The first-order chi connectivity index (χ1) is 15.8. The Bertz CT molecular complexity index is 734. The highest BCUT2D eigenvalue weighted by molar-refractivity contribution is 5.24. The van der Waals surface area contributed by atoms with Gasteiger partial charge in [-0.25, -0.2) is 0 Å². The number of hydrogen-bond acceptors (Lipinski definition) is 7. The van der Waals surface area contributed by atoms with E-state index in [1.807, 2.05) is 13.8 Å². The van der Waals surface area contributed by atoms with Crippen LogP contribution in [0.3, 0.4) is 0 Å². The minimum atomic E-state index is -1.71. The molecule has 7 nitrogen and oxygen atoms in total. The first-order valence-electron chi connectivity index (χ1n) is 13.6. The van der Waals surface area contributed by atoms with Crippen LogP contribution >= 0.6 is 0 Å². The second kappa shape index (κ2) is 9.23. The highest BCUT2D eigenvalue weighted by atomic mass is 16.4. The highest BCUT2D eigenvalue weighted by Crippen LogP contribution is 2.69. The summed E-state index contributed by atoms with van der Waals surface area (Å²) < 4.78 is 0. The van der Waals surface area contributed by atoms with E-state index in [-0.39, 0.29) is 36.2 Å². The molecule has 0 bridgehead atoms. The monoisotopic (exact) mass is 484 g/mol. The lowest BCUT2D eigenvalue weighted by molar-refractivity contribution is -0.309. The first-order valence-corrected chi connectivity index (χ1v) is 13.6. The van der Waals surface area contributed by atoms with Crippen LogP contribution < -0.4 is 0 Å². The molecule has 4 aliphatic carbocycles.